The number of quaternary nitrogens is 2. The molecule has 4 heterocycles. The maximum Gasteiger partial charge on any atom is 0.225 e. The molecule has 0 amide bonds. The number of hydrogen-bond donors (Lipinski definition) is 0. The van der Waals surface area contributed by atoms with Gasteiger partial charge in [0.2, 0.25) is 11.4 Å². The molecule has 1 unspecified atom stereocenters. The average Bonchev–Trinajstić information content (AvgIpc) is 3.74. The van der Waals surface area contributed by atoms with E-state index >= 15 is 0 Å². The van der Waals surface area contributed by atoms with Crippen LogP contribution in [0, 0.1) is 24.2 Å². The van der Waals surface area contributed by atoms with Gasteiger partial charge in [0.25, 0.3) is 0 Å². The number of nitrogens with zero attached hydrogens (tertiary/aromatic N) is 4. The zero-order chi connectivity index (χ0) is 41.8. The molecule has 8 aromatic rings. The molecular weight excluding hydrogens is 928 g/mol. The van der Waals surface area contributed by atoms with Gasteiger partial charge < -0.3 is 9.30 Å². The Morgan fingerprint density at radius 3 is 2.13 bits per heavy atom. The van der Waals surface area contributed by atoms with Gasteiger partial charge in [-0.2, -0.15) is 10.7 Å². The van der Waals surface area contributed by atoms with Crippen molar-refractivity contribution in [3.05, 3.63) is 175 Å². The average molecular weight is 981 g/mol. The molecule has 0 bridgehead atoms. The van der Waals surface area contributed by atoms with Crippen LogP contribution in [0.1, 0.15) is 90.8 Å². The van der Waals surface area contributed by atoms with Crippen LogP contribution in [0.25, 0.3) is 38.8 Å². The van der Waals surface area contributed by atoms with Gasteiger partial charge in [-0.25, -0.2) is 9.58 Å². The van der Waals surface area contributed by atoms with Crippen molar-refractivity contribution in [2.75, 3.05) is 0 Å². The van der Waals surface area contributed by atoms with Crippen molar-refractivity contribution in [3.63, 3.8) is 0 Å². The molecule has 6 aromatic carbocycles. The van der Waals surface area contributed by atoms with Crippen molar-refractivity contribution in [3.8, 4) is 28.4 Å². The summed E-state index contributed by atoms with van der Waals surface area (Å²) in [5.41, 5.74) is 13.0. The van der Waals surface area contributed by atoms with Gasteiger partial charge >= 0.3 is 0 Å². The molecule has 1 saturated heterocycles. The van der Waals surface area contributed by atoms with Crippen LogP contribution in [0.15, 0.2) is 140 Å². The van der Waals surface area contributed by atoms with Crippen molar-refractivity contribution in [2.24, 2.45) is 5.41 Å². The quantitative estimate of drug-likeness (QED) is 0.0819. The topological polar surface area (TPSA) is 27.1 Å². The zero-order valence-electron chi connectivity index (χ0n) is 36.5. The Morgan fingerprint density at radius 2 is 1.38 bits per heavy atom. The maximum absolute atomic E-state index is 6.98. The number of benzene rings is 6. The predicted octanol–water partition coefficient (Wildman–Crippen LogP) is 15.1. The van der Waals surface area contributed by atoms with Crippen molar-refractivity contribution in [2.45, 2.75) is 79.6 Å². The molecule has 0 aliphatic carbocycles. The van der Waals surface area contributed by atoms with Crippen LogP contribution in [-0.2, 0) is 26.5 Å². The first-order chi connectivity index (χ1) is 28.7. The first-order valence-electron chi connectivity index (χ1n) is 21.4. The smallest absolute Gasteiger partial charge is 0.225 e. The van der Waals surface area contributed by atoms with Gasteiger partial charge in [0.05, 0.1) is 5.69 Å². The minimum atomic E-state index is -0.0837. The molecule has 0 spiro atoms. The Kier molecular flexibility index (Phi) is 9.86. The van der Waals surface area contributed by atoms with Crippen LogP contribution < -0.4 is 13.9 Å². The second-order valence-corrected chi connectivity index (χ2v) is 18.9. The van der Waals surface area contributed by atoms with E-state index in [-0.39, 0.29) is 31.9 Å². The first kappa shape index (κ1) is 41.1. The van der Waals surface area contributed by atoms with Crippen LogP contribution in [0.2, 0.25) is 0 Å². The molecule has 10 rings (SSSR count). The Hall–Kier alpha value is -5.32. The maximum atomic E-state index is 6.98. The number of rotatable bonds is 9. The fourth-order valence-corrected chi connectivity index (χ4v) is 9.36. The van der Waals surface area contributed by atoms with E-state index in [1.54, 1.807) is 0 Å². The summed E-state index contributed by atoms with van der Waals surface area (Å²) in [6, 6.07) is 55.9. The molecule has 2 atom stereocenters. The Morgan fingerprint density at radius 1 is 0.656 bits per heavy atom. The van der Waals surface area contributed by atoms with Gasteiger partial charge in [-0.15, -0.1) is 29.1 Å². The van der Waals surface area contributed by atoms with E-state index in [0.29, 0.717) is 32.5 Å². The molecule has 2 aliphatic rings. The largest absolute Gasteiger partial charge is 0.509 e. The summed E-state index contributed by atoms with van der Waals surface area (Å²) in [6.45, 7) is 23.0. The summed E-state index contributed by atoms with van der Waals surface area (Å²) in [5, 5.41) is 2.25. The summed E-state index contributed by atoms with van der Waals surface area (Å²) in [7, 11) is 0. The molecule has 0 radical (unpaired) electrons. The van der Waals surface area contributed by atoms with E-state index < -0.39 is 0 Å². The van der Waals surface area contributed by atoms with Crippen LogP contribution in [0.3, 0.4) is 0 Å². The monoisotopic (exact) mass is 980 g/mol. The summed E-state index contributed by atoms with van der Waals surface area (Å²) >= 11 is 0. The first-order valence-corrected chi connectivity index (χ1v) is 21.4. The molecule has 2 aliphatic heterocycles. The Balaban J connectivity index is 0.00000476. The number of pyridine rings is 1. The van der Waals surface area contributed by atoms with Crippen LogP contribution in [0.5, 0.6) is 11.5 Å². The minimum absolute atomic E-state index is 0. The zero-order valence-corrected chi connectivity index (χ0v) is 38.8. The summed E-state index contributed by atoms with van der Waals surface area (Å²) in [6.07, 6.45) is 1.94. The van der Waals surface area contributed by atoms with E-state index in [1.165, 1.54) is 39.3 Å². The van der Waals surface area contributed by atoms with Gasteiger partial charge in [0.15, 0.2) is 12.4 Å². The Labute approximate surface area is 375 Å². The van der Waals surface area contributed by atoms with E-state index in [9.17, 15) is 0 Å². The van der Waals surface area contributed by atoms with E-state index in [1.807, 2.05) is 12.3 Å². The minimum Gasteiger partial charge on any atom is -0.509 e. The van der Waals surface area contributed by atoms with Gasteiger partial charge in [0, 0.05) is 68.5 Å². The summed E-state index contributed by atoms with van der Waals surface area (Å²) < 4.78 is 10.4. The molecule has 310 valence electrons. The van der Waals surface area contributed by atoms with Crippen molar-refractivity contribution < 1.29 is 25.8 Å². The second kappa shape index (κ2) is 14.7. The fraction of sp³-hybridized carbons (Fsp3) is 0.236. The van der Waals surface area contributed by atoms with Crippen LogP contribution in [-0.4, -0.2) is 9.55 Å². The number of ether oxygens (including phenoxy) is 1. The van der Waals surface area contributed by atoms with Crippen LogP contribution >= 0.6 is 0 Å². The molecule has 6 heteroatoms. The van der Waals surface area contributed by atoms with Crippen LogP contribution in [0.4, 0.5) is 22.7 Å². The van der Waals surface area contributed by atoms with Crippen molar-refractivity contribution in [1.82, 2.24) is 18.7 Å². The Bertz CT molecular complexity index is 2990. The molecule has 5 nitrogen and oxygen atoms in total. The third-order valence-electron chi connectivity index (χ3n) is 13.8. The van der Waals surface area contributed by atoms with E-state index in [2.05, 4.69) is 213 Å². The predicted molar refractivity (Wildman–Crippen MR) is 249 cm³/mol. The van der Waals surface area contributed by atoms with Gasteiger partial charge in [-0.1, -0.05) is 147 Å². The van der Waals surface area contributed by atoms with Gasteiger partial charge in [0.1, 0.15) is 5.82 Å². The summed E-state index contributed by atoms with van der Waals surface area (Å²) in [5.74, 6) is 2.91. The molecular formula is C55H53N4OPt-. The molecule has 0 N–H and O–H groups in total. The molecule has 0 saturated carbocycles. The third kappa shape index (κ3) is 6.18. The number of fused-ring (bicyclic) bond motifs is 7. The summed E-state index contributed by atoms with van der Waals surface area (Å²) in [4.78, 5) is 4.97. The molecule has 61 heavy (non-hydrogen) atoms. The third-order valence-corrected chi connectivity index (χ3v) is 13.8. The van der Waals surface area contributed by atoms with Gasteiger partial charge in [-0.3, -0.25) is 0 Å². The second-order valence-electron chi connectivity index (χ2n) is 18.9. The molecule has 1 fully saturated rings. The number of para-hydroxylation sites is 3. The van der Waals surface area contributed by atoms with E-state index in [0.717, 1.165) is 38.9 Å². The van der Waals surface area contributed by atoms with E-state index in [4.69, 9.17) is 9.72 Å². The van der Waals surface area contributed by atoms with Gasteiger partial charge in [-0.05, 0) is 68.5 Å². The molecule has 2 aromatic heterocycles. The number of hydrogen-bond acceptors (Lipinski definition) is 2. The van der Waals surface area contributed by atoms with Crippen molar-refractivity contribution in [1.29, 1.82) is 0 Å². The number of aromatic nitrogens is 2. The fourth-order valence-electron chi connectivity index (χ4n) is 9.36. The standard InChI is InChI=1S/C55H53N4O.Pt/c1-36(2)38-17-16-18-41(29-38)58-35-59(58,52-24-15-14-23-51(52)58)42-30-39(46-20-11-10-19-45(46)37(3)4)31-44(33-42)60-43-25-26-48-47-21-12-13-22-49(47)57(50(48)34-43)53-32-40(27-28-56-53)55(8,9)54(5,6)7;/h10-32,35-37H,1-9H3;/q-1;/t58-,59?;/m0./s1. The normalized spacial score (nSPS) is 18.1. The SMILES string of the molecule is CC(C)c1cccc([N@+]23[CH-][N+]2(c2[c-]c(Oc4[c-]c5c(cc4)c4ccccc4n5-c4cc(C(C)(C)C(C)(C)C)ccn4)cc(-c4ccccc4C(C)C)c2)c2ccccc23)c1.[Pt]. The van der Waals surface area contributed by atoms with Crippen molar-refractivity contribution >= 4 is 44.6 Å².